The molecular weight excluding hydrogens is 390 g/mol. The maximum Gasteiger partial charge on any atom is 0.346 e. The zero-order valence-electron chi connectivity index (χ0n) is 13.6. The number of rotatable bonds is 5. The molecule has 26 heavy (non-hydrogen) atoms. The molecule has 3 rings (SSSR count). The topological polar surface area (TPSA) is 95.2 Å². The third kappa shape index (κ3) is 3.55. The highest BCUT2D eigenvalue weighted by Crippen LogP contribution is 2.37. The molecule has 0 atom stereocenters. The smallest absolute Gasteiger partial charge is 0.346 e. The molecule has 5 nitrogen and oxygen atoms in total. The minimum absolute atomic E-state index is 0.00377. The summed E-state index contributed by atoms with van der Waals surface area (Å²) in [6.07, 6.45) is 0. The first-order valence-corrected chi connectivity index (χ1v) is 10.7. The van der Waals surface area contributed by atoms with Crippen LogP contribution in [-0.4, -0.2) is 19.5 Å². The van der Waals surface area contributed by atoms with Gasteiger partial charge >= 0.3 is 5.97 Å². The van der Waals surface area contributed by atoms with Gasteiger partial charge in [0.05, 0.1) is 10.6 Å². The molecular formula is C18H13NO4S3. The Morgan fingerprint density at radius 1 is 1.15 bits per heavy atom. The van der Waals surface area contributed by atoms with Crippen molar-refractivity contribution < 1.29 is 18.3 Å². The zero-order chi connectivity index (χ0) is 18.9. The van der Waals surface area contributed by atoms with Crippen LogP contribution in [0.2, 0.25) is 0 Å². The van der Waals surface area contributed by atoms with Crippen molar-refractivity contribution in [3.63, 3.8) is 0 Å². The maximum absolute atomic E-state index is 12.8. The number of nitriles is 1. The van der Waals surface area contributed by atoms with Crippen LogP contribution in [0.25, 0.3) is 9.75 Å². The van der Waals surface area contributed by atoms with Crippen LogP contribution in [0.1, 0.15) is 25.7 Å². The summed E-state index contributed by atoms with van der Waals surface area (Å²) < 4.78 is 25.5. The summed E-state index contributed by atoms with van der Waals surface area (Å²) in [6, 6.07) is 13.7. The van der Waals surface area contributed by atoms with Crippen molar-refractivity contribution in [1.82, 2.24) is 0 Å². The van der Waals surface area contributed by atoms with E-state index in [0.29, 0.717) is 15.3 Å². The van der Waals surface area contributed by atoms with Crippen LogP contribution in [0.15, 0.2) is 47.4 Å². The van der Waals surface area contributed by atoms with Gasteiger partial charge in [-0.25, -0.2) is 13.2 Å². The molecule has 0 bridgehead atoms. The summed E-state index contributed by atoms with van der Waals surface area (Å²) in [5.41, 5.74) is 0.879. The van der Waals surface area contributed by atoms with Crippen LogP contribution in [0.5, 0.6) is 0 Å². The largest absolute Gasteiger partial charge is 0.477 e. The monoisotopic (exact) mass is 403 g/mol. The molecule has 0 aliphatic heterocycles. The van der Waals surface area contributed by atoms with Gasteiger partial charge in [-0.15, -0.1) is 22.7 Å². The van der Waals surface area contributed by atoms with Crippen molar-refractivity contribution in [3.8, 4) is 15.8 Å². The number of carbonyl (C=O) groups is 1. The van der Waals surface area contributed by atoms with Crippen molar-refractivity contribution in [2.45, 2.75) is 17.6 Å². The van der Waals surface area contributed by atoms with E-state index in [1.165, 1.54) is 17.4 Å². The first-order valence-electron chi connectivity index (χ1n) is 7.46. The molecule has 0 saturated carbocycles. The number of benzene rings is 1. The number of carboxylic acid groups (broad SMARTS) is 1. The lowest BCUT2D eigenvalue weighted by atomic mass is 10.2. The molecule has 0 spiro atoms. The average Bonchev–Trinajstić information content (AvgIpc) is 3.21. The Labute approximate surface area is 158 Å². The van der Waals surface area contributed by atoms with E-state index in [1.54, 1.807) is 43.3 Å². The second kappa shape index (κ2) is 7.03. The standard InChI is InChI=1S/C18H13NO4S3/c1-11-4-2-3-5-16(11)26(22,23)10-12-8-15(25-17(12)18(20)21)14-7-6-13(9-19)24-14/h2-8H,10H2,1H3,(H,20,21). The van der Waals surface area contributed by atoms with E-state index >= 15 is 0 Å². The maximum atomic E-state index is 12.8. The first kappa shape index (κ1) is 18.3. The number of hydrogen-bond donors (Lipinski definition) is 1. The highest BCUT2D eigenvalue weighted by Gasteiger charge is 2.24. The number of nitrogens with zero attached hydrogens (tertiary/aromatic N) is 1. The van der Waals surface area contributed by atoms with Crippen LogP contribution in [0.3, 0.4) is 0 Å². The van der Waals surface area contributed by atoms with E-state index in [4.69, 9.17) is 5.26 Å². The molecule has 0 saturated heterocycles. The molecule has 1 aromatic carbocycles. The number of carboxylic acids is 1. The fourth-order valence-corrected chi connectivity index (χ4v) is 6.19. The molecule has 0 aliphatic carbocycles. The van der Waals surface area contributed by atoms with Crippen molar-refractivity contribution >= 4 is 38.5 Å². The van der Waals surface area contributed by atoms with Gasteiger partial charge in [-0.2, -0.15) is 5.26 Å². The predicted molar refractivity (Wildman–Crippen MR) is 101 cm³/mol. The first-order chi connectivity index (χ1) is 12.3. The summed E-state index contributed by atoms with van der Waals surface area (Å²) in [7, 11) is -3.67. The number of sulfone groups is 1. The second-order valence-electron chi connectivity index (χ2n) is 5.57. The van der Waals surface area contributed by atoms with Crippen molar-refractivity contribution in [2.24, 2.45) is 0 Å². The normalized spacial score (nSPS) is 11.2. The molecule has 3 aromatic rings. The minimum atomic E-state index is -3.67. The van der Waals surface area contributed by atoms with Gasteiger partial charge in [0.2, 0.25) is 0 Å². The van der Waals surface area contributed by atoms with Crippen LogP contribution in [-0.2, 0) is 15.6 Å². The van der Waals surface area contributed by atoms with Gasteiger partial charge in [0.1, 0.15) is 15.8 Å². The lowest BCUT2D eigenvalue weighted by Crippen LogP contribution is -2.08. The lowest BCUT2D eigenvalue weighted by Gasteiger charge is -2.07. The summed E-state index contributed by atoms with van der Waals surface area (Å²) in [5.74, 6) is -1.54. The van der Waals surface area contributed by atoms with E-state index in [1.807, 2.05) is 6.07 Å². The Balaban J connectivity index is 2.03. The molecule has 8 heteroatoms. The summed E-state index contributed by atoms with van der Waals surface area (Å²) in [6.45, 7) is 1.71. The summed E-state index contributed by atoms with van der Waals surface area (Å²) in [5, 5.41) is 18.4. The van der Waals surface area contributed by atoms with E-state index in [9.17, 15) is 18.3 Å². The fraction of sp³-hybridized carbons (Fsp3) is 0.111. The van der Waals surface area contributed by atoms with Gasteiger partial charge in [-0.1, -0.05) is 18.2 Å². The quantitative estimate of drug-likeness (QED) is 0.684. The molecule has 0 amide bonds. The average molecular weight is 404 g/mol. The zero-order valence-corrected chi connectivity index (χ0v) is 16.0. The molecule has 0 aliphatic rings. The van der Waals surface area contributed by atoms with Gasteiger partial charge < -0.3 is 5.11 Å². The van der Waals surface area contributed by atoms with Crippen molar-refractivity contribution in [1.29, 1.82) is 5.26 Å². The predicted octanol–water partition coefficient (Wildman–Crippen LogP) is 4.33. The molecule has 2 aromatic heterocycles. The molecule has 0 unspecified atom stereocenters. The van der Waals surface area contributed by atoms with Crippen LogP contribution >= 0.6 is 22.7 Å². The summed E-state index contributed by atoms with van der Waals surface area (Å²) in [4.78, 5) is 13.7. The Kier molecular flexibility index (Phi) is 4.96. The highest BCUT2D eigenvalue weighted by molar-refractivity contribution is 7.90. The van der Waals surface area contributed by atoms with Gasteiger partial charge in [0.15, 0.2) is 9.84 Å². The molecule has 0 fully saturated rings. The van der Waals surface area contributed by atoms with Crippen molar-refractivity contribution in [2.75, 3.05) is 0 Å². The van der Waals surface area contributed by atoms with Crippen LogP contribution in [0.4, 0.5) is 0 Å². The van der Waals surface area contributed by atoms with Crippen LogP contribution in [0, 0.1) is 18.3 Å². The fourth-order valence-electron chi connectivity index (χ4n) is 2.56. The van der Waals surface area contributed by atoms with E-state index < -0.39 is 15.8 Å². The van der Waals surface area contributed by atoms with E-state index in [-0.39, 0.29) is 21.1 Å². The Bertz CT molecular complexity index is 1130. The van der Waals surface area contributed by atoms with Crippen molar-refractivity contribution in [3.05, 3.63) is 63.3 Å². The third-order valence-corrected chi connectivity index (χ3v) is 7.91. The van der Waals surface area contributed by atoms with Gasteiger partial charge in [-0.3, -0.25) is 0 Å². The number of aryl methyl sites for hydroxylation is 1. The van der Waals surface area contributed by atoms with Gasteiger partial charge in [-0.05, 0) is 42.3 Å². The molecule has 1 N–H and O–H groups in total. The Hall–Kier alpha value is -2.47. The van der Waals surface area contributed by atoms with E-state index in [2.05, 4.69) is 0 Å². The second-order valence-corrected chi connectivity index (χ2v) is 9.66. The SMILES string of the molecule is Cc1ccccc1S(=O)(=O)Cc1cc(-c2ccc(C#N)s2)sc1C(=O)O. The number of hydrogen-bond acceptors (Lipinski definition) is 6. The summed E-state index contributed by atoms with van der Waals surface area (Å²) >= 11 is 2.27. The van der Waals surface area contributed by atoms with Crippen LogP contribution < -0.4 is 0 Å². The lowest BCUT2D eigenvalue weighted by molar-refractivity contribution is 0.0701. The molecule has 132 valence electrons. The van der Waals surface area contributed by atoms with E-state index in [0.717, 1.165) is 16.2 Å². The minimum Gasteiger partial charge on any atom is -0.477 e. The highest BCUT2D eigenvalue weighted by atomic mass is 32.2. The third-order valence-electron chi connectivity index (χ3n) is 3.74. The molecule has 0 radical (unpaired) electrons. The Morgan fingerprint density at radius 2 is 1.88 bits per heavy atom. The number of thiophene rings is 2. The number of aromatic carboxylic acids is 1. The van der Waals surface area contributed by atoms with Gasteiger partial charge in [0.25, 0.3) is 0 Å². The molecule has 2 heterocycles. The van der Waals surface area contributed by atoms with Gasteiger partial charge in [0, 0.05) is 9.75 Å². The Morgan fingerprint density at radius 3 is 2.50 bits per heavy atom.